The van der Waals surface area contributed by atoms with E-state index in [0.29, 0.717) is 17.4 Å². The van der Waals surface area contributed by atoms with E-state index in [4.69, 9.17) is 5.73 Å². The molecule has 2 saturated heterocycles. The molecule has 3 heterocycles. The maximum Gasteiger partial charge on any atom is 0.274 e. The third-order valence-corrected chi connectivity index (χ3v) is 4.62. The van der Waals surface area contributed by atoms with Gasteiger partial charge in [-0.2, -0.15) is 5.10 Å². The third-order valence-electron chi connectivity index (χ3n) is 4.62. The van der Waals surface area contributed by atoms with Crippen LogP contribution in [0.2, 0.25) is 0 Å². The Hall–Kier alpha value is -1.56. The number of nitrogens with two attached hydrogens (primary N) is 1. The fourth-order valence-corrected chi connectivity index (χ4v) is 3.49. The number of aryl methyl sites for hydroxylation is 1. The van der Waals surface area contributed by atoms with Crippen LogP contribution < -0.4 is 5.73 Å². The van der Waals surface area contributed by atoms with Crippen LogP contribution in [0.5, 0.6) is 0 Å². The summed E-state index contributed by atoms with van der Waals surface area (Å²) in [5.41, 5.74) is 6.87. The van der Waals surface area contributed by atoms with E-state index in [1.54, 1.807) is 17.9 Å². The molecule has 2 aliphatic heterocycles. The van der Waals surface area contributed by atoms with Gasteiger partial charge in [0.15, 0.2) is 0 Å². The summed E-state index contributed by atoms with van der Waals surface area (Å²) in [6, 6.07) is 0.740. The van der Waals surface area contributed by atoms with Gasteiger partial charge in [0, 0.05) is 32.2 Å². The second-order valence-corrected chi connectivity index (χ2v) is 6.02. The number of piperazine rings is 1. The van der Waals surface area contributed by atoms with Crippen molar-refractivity contribution in [2.75, 3.05) is 25.4 Å². The highest BCUT2D eigenvalue weighted by molar-refractivity contribution is 5.97. The van der Waals surface area contributed by atoms with Crippen LogP contribution in [0.25, 0.3) is 0 Å². The topological polar surface area (TPSA) is 67.4 Å². The number of aromatic nitrogens is 2. The number of rotatable bonds is 1. The Bertz CT molecular complexity index is 492. The zero-order valence-corrected chi connectivity index (χ0v) is 12.2. The molecule has 0 bridgehead atoms. The van der Waals surface area contributed by atoms with Gasteiger partial charge in [-0.3, -0.25) is 14.4 Å². The first-order chi connectivity index (χ1) is 9.58. The van der Waals surface area contributed by atoms with E-state index in [1.165, 1.54) is 25.8 Å². The summed E-state index contributed by atoms with van der Waals surface area (Å²) in [6.45, 7) is 5.07. The zero-order chi connectivity index (χ0) is 14.3. The molecule has 0 aliphatic carbocycles. The SMILES string of the molecule is CC1CN2CCCCC2CN1C(=O)c1c(N)cnn1C. The van der Waals surface area contributed by atoms with Crippen LogP contribution in [0.4, 0.5) is 5.69 Å². The monoisotopic (exact) mass is 277 g/mol. The standard InChI is InChI=1S/C14H23N5O/c1-10-8-18-6-4-3-5-11(18)9-19(10)14(20)13-12(15)7-16-17(13)2/h7,10-11H,3-6,8-9,15H2,1-2H3. The number of amides is 1. The molecule has 110 valence electrons. The van der Waals surface area contributed by atoms with Crippen molar-refractivity contribution in [1.29, 1.82) is 0 Å². The first-order valence-corrected chi connectivity index (χ1v) is 7.40. The lowest BCUT2D eigenvalue weighted by Crippen LogP contribution is -2.60. The molecule has 2 N–H and O–H groups in total. The van der Waals surface area contributed by atoms with Crippen LogP contribution >= 0.6 is 0 Å². The molecule has 6 nitrogen and oxygen atoms in total. The van der Waals surface area contributed by atoms with Crippen LogP contribution in [0, 0.1) is 0 Å². The van der Waals surface area contributed by atoms with Crippen LogP contribution in [-0.4, -0.2) is 57.2 Å². The summed E-state index contributed by atoms with van der Waals surface area (Å²) >= 11 is 0. The summed E-state index contributed by atoms with van der Waals surface area (Å²) in [6.07, 6.45) is 5.30. The summed E-state index contributed by atoms with van der Waals surface area (Å²) in [7, 11) is 1.77. The lowest BCUT2D eigenvalue weighted by atomic mass is 9.97. The highest BCUT2D eigenvalue weighted by Gasteiger charge is 2.36. The molecule has 1 aromatic heterocycles. The number of nitrogen functional groups attached to an aromatic ring is 1. The lowest BCUT2D eigenvalue weighted by molar-refractivity contribution is 0.0145. The van der Waals surface area contributed by atoms with Gasteiger partial charge in [-0.15, -0.1) is 0 Å². The van der Waals surface area contributed by atoms with Crippen molar-refractivity contribution >= 4 is 11.6 Å². The van der Waals surface area contributed by atoms with Crippen molar-refractivity contribution in [1.82, 2.24) is 19.6 Å². The van der Waals surface area contributed by atoms with Crippen molar-refractivity contribution in [2.45, 2.75) is 38.3 Å². The number of anilines is 1. The van der Waals surface area contributed by atoms with Crippen LogP contribution in [-0.2, 0) is 7.05 Å². The summed E-state index contributed by atoms with van der Waals surface area (Å²) in [5.74, 6) is 0.0141. The van der Waals surface area contributed by atoms with Gasteiger partial charge in [0.25, 0.3) is 5.91 Å². The maximum absolute atomic E-state index is 12.8. The Morgan fingerprint density at radius 1 is 1.40 bits per heavy atom. The van der Waals surface area contributed by atoms with Gasteiger partial charge in [0.05, 0.1) is 11.9 Å². The molecular formula is C14H23N5O. The largest absolute Gasteiger partial charge is 0.396 e. The molecule has 1 amide bonds. The molecule has 20 heavy (non-hydrogen) atoms. The normalized spacial score (nSPS) is 27.4. The summed E-state index contributed by atoms with van der Waals surface area (Å²) in [4.78, 5) is 17.3. The van der Waals surface area contributed by atoms with E-state index in [9.17, 15) is 4.79 Å². The molecule has 0 spiro atoms. The highest BCUT2D eigenvalue weighted by Crippen LogP contribution is 2.26. The summed E-state index contributed by atoms with van der Waals surface area (Å²) < 4.78 is 1.58. The van der Waals surface area contributed by atoms with Crippen LogP contribution in [0.15, 0.2) is 6.20 Å². The first-order valence-electron chi connectivity index (χ1n) is 7.40. The number of hydrogen-bond acceptors (Lipinski definition) is 4. The predicted molar refractivity (Wildman–Crippen MR) is 77.3 cm³/mol. The van der Waals surface area contributed by atoms with Crippen molar-refractivity contribution < 1.29 is 4.79 Å². The second kappa shape index (κ2) is 5.09. The smallest absolute Gasteiger partial charge is 0.274 e. The molecule has 3 rings (SSSR count). The minimum absolute atomic E-state index is 0.0141. The molecule has 0 radical (unpaired) electrons. The fraction of sp³-hybridized carbons (Fsp3) is 0.714. The molecule has 0 aromatic carbocycles. The van der Waals surface area contributed by atoms with E-state index in [2.05, 4.69) is 16.9 Å². The molecule has 2 unspecified atom stereocenters. The summed E-state index contributed by atoms with van der Waals surface area (Å²) in [5, 5.41) is 4.07. The van der Waals surface area contributed by atoms with Crippen molar-refractivity contribution in [3.05, 3.63) is 11.9 Å². The Morgan fingerprint density at radius 2 is 2.20 bits per heavy atom. The maximum atomic E-state index is 12.8. The Labute approximate surface area is 119 Å². The number of piperidine rings is 1. The van der Waals surface area contributed by atoms with Gasteiger partial charge in [0.1, 0.15) is 5.69 Å². The zero-order valence-electron chi connectivity index (χ0n) is 12.2. The van der Waals surface area contributed by atoms with Gasteiger partial charge >= 0.3 is 0 Å². The predicted octanol–water partition coefficient (Wildman–Crippen LogP) is 0.701. The molecule has 2 atom stereocenters. The minimum Gasteiger partial charge on any atom is -0.396 e. The van der Waals surface area contributed by atoms with Crippen molar-refractivity contribution in [2.24, 2.45) is 7.05 Å². The van der Waals surface area contributed by atoms with Gasteiger partial charge in [-0.1, -0.05) is 6.42 Å². The van der Waals surface area contributed by atoms with E-state index in [-0.39, 0.29) is 11.9 Å². The quantitative estimate of drug-likeness (QED) is 0.820. The Kier molecular flexibility index (Phi) is 3.41. The number of carbonyl (C=O) groups is 1. The van der Waals surface area contributed by atoms with Crippen LogP contribution in [0.3, 0.4) is 0 Å². The Morgan fingerprint density at radius 3 is 2.90 bits per heavy atom. The molecule has 6 heteroatoms. The average Bonchev–Trinajstić information content (AvgIpc) is 2.76. The molecule has 2 aliphatic rings. The van der Waals surface area contributed by atoms with Crippen LogP contribution in [0.1, 0.15) is 36.7 Å². The van der Waals surface area contributed by atoms with E-state index < -0.39 is 0 Å². The fourth-order valence-electron chi connectivity index (χ4n) is 3.49. The van der Waals surface area contributed by atoms with Gasteiger partial charge < -0.3 is 10.6 Å². The third kappa shape index (κ3) is 2.18. The second-order valence-electron chi connectivity index (χ2n) is 6.02. The van der Waals surface area contributed by atoms with E-state index in [0.717, 1.165) is 13.1 Å². The minimum atomic E-state index is 0.0141. The van der Waals surface area contributed by atoms with E-state index >= 15 is 0 Å². The Balaban J connectivity index is 1.81. The first kappa shape index (κ1) is 13.4. The molecule has 2 fully saturated rings. The van der Waals surface area contributed by atoms with Crippen molar-refractivity contribution in [3.8, 4) is 0 Å². The average molecular weight is 277 g/mol. The number of hydrogen-bond donors (Lipinski definition) is 1. The van der Waals surface area contributed by atoms with E-state index in [1.807, 2.05) is 4.90 Å². The molecular weight excluding hydrogens is 254 g/mol. The molecule has 0 saturated carbocycles. The lowest BCUT2D eigenvalue weighted by Gasteiger charge is -2.47. The van der Waals surface area contributed by atoms with Gasteiger partial charge in [-0.25, -0.2) is 0 Å². The van der Waals surface area contributed by atoms with Gasteiger partial charge in [0.2, 0.25) is 0 Å². The van der Waals surface area contributed by atoms with Gasteiger partial charge in [-0.05, 0) is 26.3 Å². The molecule has 1 aromatic rings. The number of fused-ring (bicyclic) bond motifs is 1. The van der Waals surface area contributed by atoms with Crippen molar-refractivity contribution in [3.63, 3.8) is 0 Å². The highest BCUT2D eigenvalue weighted by atomic mass is 16.2. The number of nitrogens with zero attached hydrogens (tertiary/aromatic N) is 4. The number of carbonyl (C=O) groups excluding carboxylic acids is 1.